The van der Waals surface area contributed by atoms with Crippen LogP contribution in [0.5, 0.6) is 0 Å². The Labute approximate surface area is 126 Å². The summed E-state index contributed by atoms with van der Waals surface area (Å²) in [6, 6.07) is 0.638. The van der Waals surface area contributed by atoms with Crippen LogP contribution in [0.4, 0.5) is 0 Å². The van der Waals surface area contributed by atoms with Crippen LogP contribution in [0.2, 0.25) is 0 Å². The van der Waals surface area contributed by atoms with Crippen molar-refractivity contribution in [2.45, 2.75) is 65.8 Å². The van der Waals surface area contributed by atoms with Crippen molar-refractivity contribution >= 4 is 0 Å². The Hall–Kier alpha value is -0.120. The molecule has 2 atom stereocenters. The molecule has 0 spiro atoms. The lowest BCUT2D eigenvalue weighted by Gasteiger charge is -2.46. The van der Waals surface area contributed by atoms with Crippen molar-refractivity contribution in [1.29, 1.82) is 0 Å². The van der Waals surface area contributed by atoms with Gasteiger partial charge in [-0.3, -0.25) is 0 Å². The number of hydrogen-bond donors (Lipinski definition) is 2. The van der Waals surface area contributed by atoms with Crippen molar-refractivity contribution in [2.24, 2.45) is 11.3 Å². The Morgan fingerprint density at radius 1 is 1.30 bits per heavy atom. The highest BCUT2D eigenvalue weighted by atomic mass is 16.3. The topological polar surface area (TPSA) is 35.5 Å². The van der Waals surface area contributed by atoms with E-state index in [2.05, 4.69) is 37.9 Å². The predicted octanol–water partition coefficient (Wildman–Crippen LogP) is 2.89. The van der Waals surface area contributed by atoms with Gasteiger partial charge >= 0.3 is 0 Å². The van der Waals surface area contributed by atoms with Gasteiger partial charge in [0.1, 0.15) is 0 Å². The van der Waals surface area contributed by atoms with Gasteiger partial charge in [0, 0.05) is 25.7 Å². The number of nitrogens with zero attached hydrogens (tertiary/aromatic N) is 1. The van der Waals surface area contributed by atoms with Crippen LogP contribution in [0, 0.1) is 11.3 Å². The van der Waals surface area contributed by atoms with Crippen LogP contribution in [0.15, 0.2) is 0 Å². The maximum Gasteiger partial charge on any atom is 0.0443 e. The molecule has 0 bridgehead atoms. The summed E-state index contributed by atoms with van der Waals surface area (Å²) in [6.07, 6.45) is 6.16. The molecule has 0 aromatic rings. The molecular formula is C17H36N2O. The van der Waals surface area contributed by atoms with Gasteiger partial charge in [-0.15, -0.1) is 0 Å². The zero-order valence-corrected chi connectivity index (χ0v) is 14.1. The molecule has 2 N–H and O–H groups in total. The van der Waals surface area contributed by atoms with Crippen LogP contribution in [-0.4, -0.2) is 48.8 Å². The van der Waals surface area contributed by atoms with Gasteiger partial charge in [0.15, 0.2) is 0 Å². The summed E-state index contributed by atoms with van der Waals surface area (Å²) in [5.74, 6) is 0.754. The molecule has 1 fully saturated rings. The van der Waals surface area contributed by atoms with Crippen LogP contribution in [-0.2, 0) is 0 Å². The molecule has 1 aliphatic carbocycles. The summed E-state index contributed by atoms with van der Waals surface area (Å²) < 4.78 is 0. The molecule has 0 aromatic carbocycles. The molecule has 2 unspecified atom stereocenters. The van der Waals surface area contributed by atoms with E-state index in [-0.39, 0.29) is 0 Å². The highest BCUT2D eigenvalue weighted by molar-refractivity contribution is 4.94. The fourth-order valence-corrected chi connectivity index (χ4v) is 3.72. The zero-order valence-electron chi connectivity index (χ0n) is 14.1. The summed E-state index contributed by atoms with van der Waals surface area (Å²) in [5.41, 5.74) is 0.411. The van der Waals surface area contributed by atoms with E-state index in [0.717, 1.165) is 32.0 Å². The fourth-order valence-electron chi connectivity index (χ4n) is 3.72. The smallest absolute Gasteiger partial charge is 0.0443 e. The van der Waals surface area contributed by atoms with E-state index in [4.69, 9.17) is 5.11 Å². The highest BCUT2D eigenvalue weighted by Gasteiger charge is 2.38. The van der Waals surface area contributed by atoms with Gasteiger partial charge in [-0.1, -0.05) is 34.1 Å². The molecule has 0 aliphatic heterocycles. The predicted molar refractivity (Wildman–Crippen MR) is 87.0 cm³/mol. The summed E-state index contributed by atoms with van der Waals surface area (Å²) in [6.45, 7) is 14.1. The molecular weight excluding hydrogens is 248 g/mol. The minimum Gasteiger partial charge on any atom is -0.396 e. The second kappa shape index (κ2) is 9.01. The first kappa shape index (κ1) is 17.9. The standard InChI is InChI=1S/C17H36N2O/c1-5-11-18-16-15(9-7-10-17(16,3)4)14-19(6-2)12-8-13-20/h15-16,18,20H,5-14H2,1-4H3. The van der Waals surface area contributed by atoms with Crippen molar-refractivity contribution in [3.8, 4) is 0 Å². The molecule has 120 valence electrons. The second-order valence-electron chi connectivity index (χ2n) is 7.04. The fraction of sp³-hybridized carbons (Fsp3) is 1.00. The summed E-state index contributed by atoms with van der Waals surface area (Å²) >= 11 is 0. The first-order valence-electron chi connectivity index (χ1n) is 8.61. The van der Waals surface area contributed by atoms with Crippen molar-refractivity contribution in [1.82, 2.24) is 10.2 Å². The van der Waals surface area contributed by atoms with Crippen molar-refractivity contribution in [3.63, 3.8) is 0 Å². The molecule has 1 rings (SSSR count). The van der Waals surface area contributed by atoms with Crippen LogP contribution in [0.25, 0.3) is 0 Å². The van der Waals surface area contributed by atoms with Gasteiger partial charge in [0.05, 0.1) is 0 Å². The Balaban J connectivity index is 2.62. The molecule has 3 nitrogen and oxygen atoms in total. The van der Waals surface area contributed by atoms with Gasteiger partial charge in [-0.25, -0.2) is 0 Å². The van der Waals surface area contributed by atoms with E-state index in [0.29, 0.717) is 18.1 Å². The van der Waals surface area contributed by atoms with Crippen LogP contribution < -0.4 is 5.32 Å². The molecule has 3 heteroatoms. The van der Waals surface area contributed by atoms with E-state index in [9.17, 15) is 0 Å². The Bertz CT molecular complexity index is 255. The van der Waals surface area contributed by atoms with Gasteiger partial charge < -0.3 is 15.3 Å². The van der Waals surface area contributed by atoms with E-state index in [1.165, 1.54) is 32.2 Å². The average molecular weight is 284 g/mol. The van der Waals surface area contributed by atoms with Gasteiger partial charge in [0.2, 0.25) is 0 Å². The van der Waals surface area contributed by atoms with E-state index >= 15 is 0 Å². The summed E-state index contributed by atoms with van der Waals surface area (Å²) in [4.78, 5) is 2.52. The van der Waals surface area contributed by atoms with Crippen LogP contribution in [0.1, 0.15) is 59.8 Å². The van der Waals surface area contributed by atoms with E-state index < -0.39 is 0 Å². The van der Waals surface area contributed by atoms with Crippen molar-refractivity contribution in [3.05, 3.63) is 0 Å². The van der Waals surface area contributed by atoms with E-state index in [1.807, 2.05) is 0 Å². The molecule has 0 radical (unpaired) electrons. The summed E-state index contributed by atoms with van der Waals surface area (Å²) in [7, 11) is 0. The Morgan fingerprint density at radius 2 is 2.05 bits per heavy atom. The first-order valence-corrected chi connectivity index (χ1v) is 8.61. The number of nitrogens with one attached hydrogen (secondary N) is 1. The van der Waals surface area contributed by atoms with Crippen LogP contribution in [0.3, 0.4) is 0 Å². The first-order chi connectivity index (χ1) is 9.55. The number of hydrogen-bond acceptors (Lipinski definition) is 3. The number of aliphatic hydroxyl groups is 1. The highest BCUT2D eigenvalue weighted by Crippen LogP contribution is 2.39. The van der Waals surface area contributed by atoms with Gasteiger partial charge in [0.25, 0.3) is 0 Å². The lowest BCUT2D eigenvalue weighted by molar-refractivity contribution is 0.0781. The molecule has 0 aromatic heterocycles. The summed E-state index contributed by atoms with van der Waals surface area (Å²) in [5, 5.41) is 12.8. The zero-order chi connectivity index (χ0) is 15.0. The van der Waals surface area contributed by atoms with Crippen molar-refractivity contribution < 1.29 is 5.11 Å². The molecule has 0 saturated heterocycles. The lowest BCUT2D eigenvalue weighted by Crippen LogP contribution is -2.53. The minimum atomic E-state index is 0.310. The third-order valence-corrected chi connectivity index (χ3v) is 4.90. The maximum atomic E-state index is 9.03. The lowest BCUT2D eigenvalue weighted by atomic mass is 9.67. The number of rotatable bonds is 9. The van der Waals surface area contributed by atoms with Crippen LogP contribution >= 0.6 is 0 Å². The van der Waals surface area contributed by atoms with Crippen molar-refractivity contribution in [2.75, 3.05) is 32.8 Å². The van der Waals surface area contributed by atoms with Gasteiger partial charge in [-0.05, 0) is 50.1 Å². The largest absolute Gasteiger partial charge is 0.396 e. The number of aliphatic hydroxyl groups excluding tert-OH is 1. The molecule has 0 heterocycles. The molecule has 1 saturated carbocycles. The normalized spacial score (nSPS) is 26.1. The third kappa shape index (κ3) is 5.34. The minimum absolute atomic E-state index is 0.310. The van der Waals surface area contributed by atoms with E-state index in [1.54, 1.807) is 0 Å². The SMILES string of the molecule is CCCNC1C(CN(CC)CCCO)CCCC1(C)C. The molecule has 1 aliphatic rings. The monoisotopic (exact) mass is 284 g/mol. The quantitative estimate of drug-likeness (QED) is 0.683. The third-order valence-electron chi connectivity index (χ3n) is 4.90. The Kier molecular flexibility index (Phi) is 8.08. The molecule has 0 amide bonds. The second-order valence-corrected chi connectivity index (χ2v) is 7.04. The molecule has 20 heavy (non-hydrogen) atoms. The average Bonchev–Trinajstić information content (AvgIpc) is 2.42. The Morgan fingerprint density at radius 3 is 2.65 bits per heavy atom. The van der Waals surface area contributed by atoms with Gasteiger partial charge in [-0.2, -0.15) is 0 Å². The maximum absolute atomic E-state index is 9.03.